The topological polar surface area (TPSA) is 63.7 Å². The molecule has 0 radical (unpaired) electrons. The molecule has 0 N–H and O–H groups in total. The van der Waals surface area contributed by atoms with Gasteiger partial charge in [0, 0.05) is 0 Å². The van der Waals surface area contributed by atoms with E-state index in [1.807, 2.05) is 45.0 Å². The highest BCUT2D eigenvalue weighted by atomic mass is 32.2. The Labute approximate surface area is 159 Å². The first kappa shape index (κ1) is 18.0. The van der Waals surface area contributed by atoms with Crippen LogP contribution in [-0.4, -0.2) is 30.3 Å². The minimum absolute atomic E-state index is 0.274. The van der Waals surface area contributed by atoms with Gasteiger partial charge in [0.1, 0.15) is 5.60 Å². The van der Waals surface area contributed by atoms with Gasteiger partial charge in [0.15, 0.2) is 9.84 Å². The minimum Gasteiger partial charge on any atom is -0.444 e. The Kier molecular flexibility index (Phi) is 4.07. The number of benzene rings is 2. The molecule has 1 saturated heterocycles. The molecule has 1 amide bonds. The smallest absolute Gasteiger partial charge is 0.411 e. The largest absolute Gasteiger partial charge is 0.444 e. The Morgan fingerprint density at radius 1 is 1.00 bits per heavy atom. The molecule has 0 aliphatic carbocycles. The molecule has 2 aliphatic rings. The molecule has 2 aromatic rings. The lowest BCUT2D eigenvalue weighted by molar-refractivity contribution is 0.0178. The average molecular weight is 385 g/mol. The van der Waals surface area contributed by atoms with Gasteiger partial charge >= 0.3 is 6.09 Å². The summed E-state index contributed by atoms with van der Waals surface area (Å²) in [6, 6.07) is 15.4. The monoisotopic (exact) mass is 385 g/mol. The van der Waals surface area contributed by atoms with Crippen molar-refractivity contribution in [2.45, 2.75) is 55.0 Å². The lowest BCUT2D eigenvalue weighted by Crippen LogP contribution is -2.37. The molecule has 4 rings (SSSR count). The third-order valence-electron chi connectivity index (χ3n) is 5.19. The van der Waals surface area contributed by atoms with Crippen molar-refractivity contribution in [2.24, 2.45) is 0 Å². The number of rotatable bonds is 2. The zero-order chi connectivity index (χ0) is 19.4. The van der Waals surface area contributed by atoms with Crippen LogP contribution in [0.1, 0.15) is 50.4 Å². The molecule has 142 valence electrons. The maximum absolute atomic E-state index is 13.3. The van der Waals surface area contributed by atoms with Gasteiger partial charge in [-0.1, -0.05) is 42.5 Å². The van der Waals surface area contributed by atoms with Crippen LogP contribution in [0.5, 0.6) is 0 Å². The SMILES string of the molecule is CC(C)(C)OC(=O)N1[C@@H]2C[C@H](S(=O)(=O)c3ccccc3)[C@H]1c1ccccc12. The van der Waals surface area contributed by atoms with Gasteiger partial charge in [0.2, 0.25) is 0 Å². The second-order valence-corrected chi connectivity index (χ2v) is 10.3. The van der Waals surface area contributed by atoms with Gasteiger partial charge in [-0.15, -0.1) is 0 Å². The number of hydrogen-bond acceptors (Lipinski definition) is 4. The highest BCUT2D eigenvalue weighted by molar-refractivity contribution is 7.92. The number of sulfone groups is 1. The van der Waals surface area contributed by atoms with Crippen LogP contribution < -0.4 is 0 Å². The first-order valence-electron chi connectivity index (χ1n) is 9.09. The van der Waals surface area contributed by atoms with E-state index in [1.54, 1.807) is 35.2 Å². The Hall–Kier alpha value is -2.34. The summed E-state index contributed by atoms with van der Waals surface area (Å²) in [7, 11) is -3.57. The molecule has 0 unspecified atom stereocenters. The van der Waals surface area contributed by atoms with Crippen molar-refractivity contribution in [3.8, 4) is 0 Å². The molecule has 3 atom stereocenters. The van der Waals surface area contributed by atoms with Crippen molar-refractivity contribution < 1.29 is 17.9 Å². The molecule has 1 fully saturated rings. The molecule has 2 aliphatic heterocycles. The summed E-state index contributed by atoms with van der Waals surface area (Å²) in [6.45, 7) is 5.44. The number of ether oxygens (including phenoxy) is 1. The second kappa shape index (κ2) is 6.09. The average Bonchev–Trinajstić information content (AvgIpc) is 3.16. The van der Waals surface area contributed by atoms with E-state index in [4.69, 9.17) is 4.74 Å². The Morgan fingerprint density at radius 2 is 1.59 bits per heavy atom. The van der Waals surface area contributed by atoms with Crippen LogP contribution in [0.25, 0.3) is 0 Å². The highest BCUT2D eigenvalue weighted by Gasteiger charge is 2.57. The van der Waals surface area contributed by atoms with Gasteiger partial charge in [0.25, 0.3) is 0 Å². The Morgan fingerprint density at radius 3 is 2.22 bits per heavy atom. The van der Waals surface area contributed by atoms with E-state index in [2.05, 4.69) is 0 Å². The normalized spacial score (nSPS) is 24.0. The van der Waals surface area contributed by atoms with Crippen molar-refractivity contribution in [1.29, 1.82) is 0 Å². The van der Waals surface area contributed by atoms with Gasteiger partial charge < -0.3 is 4.74 Å². The lowest BCUT2D eigenvalue weighted by Gasteiger charge is -2.28. The fraction of sp³-hybridized carbons (Fsp3) is 0.381. The van der Waals surface area contributed by atoms with E-state index in [0.717, 1.165) is 11.1 Å². The molecule has 0 saturated carbocycles. The van der Waals surface area contributed by atoms with Gasteiger partial charge in [0.05, 0.1) is 22.2 Å². The third-order valence-corrected chi connectivity index (χ3v) is 7.37. The molecule has 5 nitrogen and oxygen atoms in total. The number of carbonyl (C=O) groups is 1. The first-order valence-corrected chi connectivity index (χ1v) is 10.6. The van der Waals surface area contributed by atoms with Gasteiger partial charge in [-0.05, 0) is 50.5 Å². The third kappa shape index (κ3) is 2.92. The number of nitrogens with zero attached hydrogens (tertiary/aromatic N) is 1. The van der Waals surface area contributed by atoms with Crippen LogP contribution >= 0.6 is 0 Å². The van der Waals surface area contributed by atoms with Gasteiger partial charge in [-0.3, -0.25) is 4.90 Å². The van der Waals surface area contributed by atoms with Crippen LogP contribution in [0.15, 0.2) is 59.5 Å². The molecule has 2 heterocycles. The number of hydrogen-bond donors (Lipinski definition) is 0. The fourth-order valence-electron chi connectivity index (χ4n) is 4.18. The molecule has 6 heteroatoms. The molecule has 2 bridgehead atoms. The zero-order valence-electron chi connectivity index (χ0n) is 15.6. The van der Waals surface area contributed by atoms with E-state index >= 15 is 0 Å². The van der Waals surface area contributed by atoms with Crippen LogP contribution in [-0.2, 0) is 14.6 Å². The Bertz CT molecular complexity index is 979. The summed E-state index contributed by atoms with van der Waals surface area (Å²) < 4.78 is 32.2. The van der Waals surface area contributed by atoms with Crippen LogP contribution in [0.2, 0.25) is 0 Å². The summed E-state index contributed by atoms with van der Waals surface area (Å²) in [6.07, 6.45) is -0.0718. The van der Waals surface area contributed by atoms with E-state index < -0.39 is 32.8 Å². The van der Waals surface area contributed by atoms with E-state index in [1.165, 1.54) is 0 Å². The quantitative estimate of drug-likeness (QED) is 0.775. The van der Waals surface area contributed by atoms with E-state index in [9.17, 15) is 13.2 Å². The van der Waals surface area contributed by atoms with Crippen molar-refractivity contribution in [2.75, 3.05) is 0 Å². The van der Waals surface area contributed by atoms with Gasteiger partial charge in [-0.2, -0.15) is 0 Å². The van der Waals surface area contributed by atoms with E-state index in [0.29, 0.717) is 11.3 Å². The van der Waals surface area contributed by atoms with Crippen LogP contribution in [0.3, 0.4) is 0 Å². The fourth-order valence-corrected chi connectivity index (χ4v) is 6.12. The number of carbonyl (C=O) groups excluding carboxylic acids is 1. The molecular formula is C21H23NO4S. The maximum atomic E-state index is 13.3. The summed E-state index contributed by atoms with van der Waals surface area (Å²) in [5, 5.41) is -0.674. The van der Waals surface area contributed by atoms with Crippen LogP contribution in [0.4, 0.5) is 4.79 Å². The summed E-state index contributed by atoms with van der Waals surface area (Å²) in [5.74, 6) is 0. The molecular weight excluding hydrogens is 362 g/mol. The standard InChI is InChI=1S/C21H23NO4S/c1-21(2,3)26-20(23)22-17-13-18(19(22)16-12-8-7-11-15(16)17)27(24,25)14-9-5-4-6-10-14/h4-12,17-19H,13H2,1-3H3/t17-,18+,19-/m1/s1. The summed E-state index contributed by atoms with van der Waals surface area (Å²) in [4.78, 5) is 14.8. The number of fused-ring (bicyclic) bond motifs is 5. The van der Waals surface area contributed by atoms with E-state index in [-0.39, 0.29) is 6.04 Å². The molecule has 0 spiro atoms. The maximum Gasteiger partial charge on any atom is 0.411 e. The van der Waals surface area contributed by atoms with Crippen molar-refractivity contribution in [3.63, 3.8) is 0 Å². The molecule has 27 heavy (non-hydrogen) atoms. The van der Waals surface area contributed by atoms with Gasteiger partial charge in [-0.25, -0.2) is 13.2 Å². The lowest BCUT2D eigenvalue weighted by atomic mass is 9.92. The number of amides is 1. The van der Waals surface area contributed by atoms with Crippen molar-refractivity contribution in [1.82, 2.24) is 4.90 Å². The minimum atomic E-state index is -3.57. The molecule has 0 aromatic heterocycles. The zero-order valence-corrected chi connectivity index (χ0v) is 16.4. The van der Waals surface area contributed by atoms with Crippen molar-refractivity contribution in [3.05, 3.63) is 65.7 Å². The Balaban J connectivity index is 1.77. The highest BCUT2D eigenvalue weighted by Crippen LogP contribution is 2.56. The molecule has 2 aromatic carbocycles. The van der Waals surface area contributed by atoms with Crippen molar-refractivity contribution >= 4 is 15.9 Å². The predicted molar refractivity (Wildman–Crippen MR) is 102 cm³/mol. The summed E-state index contributed by atoms with van der Waals surface area (Å²) >= 11 is 0. The predicted octanol–water partition coefficient (Wildman–Crippen LogP) is 4.27. The summed E-state index contributed by atoms with van der Waals surface area (Å²) in [5.41, 5.74) is 1.29. The second-order valence-electron chi connectivity index (χ2n) is 8.11. The van der Waals surface area contributed by atoms with Crippen LogP contribution in [0, 0.1) is 0 Å². The first-order chi connectivity index (χ1) is 12.7.